The molecule has 1 saturated carbocycles. The number of rotatable bonds is 9. The van der Waals surface area contributed by atoms with Crippen molar-refractivity contribution in [3.63, 3.8) is 0 Å². The highest BCUT2D eigenvalue weighted by atomic mass is 16.8. The van der Waals surface area contributed by atoms with E-state index in [1.54, 1.807) is 30.3 Å². The Labute approximate surface area is 263 Å². The molecule has 0 bridgehead atoms. The quantitative estimate of drug-likeness (QED) is 0.0928. The van der Waals surface area contributed by atoms with Crippen LogP contribution in [0.15, 0.2) is 48.7 Å². The van der Waals surface area contributed by atoms with Gasteiger partial charge in [-0.1, -0.05) is 30.3 Å². The second-order valence-corrected chi connectivity index (χ2v) is 12.0. The maximum atomic E-state index is 13.1. The Morgan fingerprint density at radius 3 is 2.04 bits per heavy atom. The molecule has 15 atom stereocenters. The predicted molar refractivity (Wildman–Crippen MR) is 151 cm³/mol. The lowest BCUT2D eigenvalue weighted by atomic mass is 9.80. The molecule has 1 aromatic rings. The number of benzene rings is 1. The zero-order valence-corrected chi connectivity index (χ0v) is 24.7. The normalized spacial score (nSPS) is 45.7. The lowest BCUT2D eigenvalue weighted by Gasteiger charge is -2.49. The molecule has 1 aliphatic carbocycles. The first-order valence-electron chi connectivity index (χ1n) is 14.8. The van der Waals surface area contributed by atoms with Gasteiger partial charge < -0.3 is 74.4 Å². The van der Waals surface area contributed by atoms with Gasteiger partial charge in [0.05, 0.1) is 31.5 Å². The van der Waals surface area contributed by atoms with Crippen molar-refractivity contribution in [3.05, 3.63) is 54.3 Å². The highest BCUT2D eigenvalue weighted by molar-refractivity contribution is 5.87. The fourth-order valence-electron chi connectivity index (χ4n) is 6.45. The monoisotopic (exact) mass is 656 g/mol. The third kappa shape index (κ3) is 6.46. The van der Waals surface area contributed by atoms with E-state index in [9.17, 15) is 50.8 Å². The van der Waals surface area contributed by atoms with Crippen molar-refractivity contribution in [2.75, 3.05) is 13.2 Å². The van der Waals surface area contributed by atoms with Crippen LogP contribution in [-0.4, -0.2) is 150 Å². The first kappa shape index (κ1) is 34.8. The molecular formula is C30H40O16. The molecule has 3 heterocycles. The van der Waals surface area contributed by atoms with Gasteiger partial charge in [-0.05, 0) is 24.6 Å². The van der Waals surface area contributed by atoms with Gasteiger partial charge in [-0.2, -0.15) is 0 Å². The van der Waals surface area contributed by atoms with Crippen molar-refractivity contribution in [3.8, 4) is 0 Å². The second kappa shape index (κ2) is 13.9. The lowest BCUT2D eigenvalue weighted by molar-refractivity contribution is -0.370. The highest BCUT2D eigenvalue weighted by Gasteiger charge is 2.69. The SMILES string of the molecule is C[C@]1(OC(=O)/C=C/c2ccccc2)C[C@@H](O)[C@]2(O[C@H]3O[C@H](CO)[C@H](O)[C@H](O)[C@H]3O)C=CO[C@@H](O[C@@H]3O[C@H](CO)[C@@H](O)[C@H](O)[C@H]3O)[C@@H]21. The second-order valence-electron chi connectivity index (χ2n) is 12.0. The van der Waals surface area contributed by atoms with E-state index in [1.165, 1.54) is 25.2 Å². The first-order valence-corrected chi connectivity index (χ1v) is 14.8. The molecule has 0 radical (unpaired) electrons. The van der Waals surface area contributed by atoms with E-state index in [4.69, 9.17) is 28.4 Å². The number of aliphatic hydroxyl groups excluding tert-OH is 9. The number of aliphatic hydroxyl groups is 9. The van der Waals surface area contributed by atoms with Crippen molar-refractivity contribution in [2.24, 2.45) is 5.92 Å². The van der Waals surface area contributed by atoms with E-state index in [-0.39, 0.29) is 6.42 Å². The summed E-state index contributed by atoms with van der Waals surface area (Å²) in [6.07, 6.45) is -15.3. The Bertz CT molecular complexity index is 1240. The molecule has 0 aromatic heterocycles. The molecule has 3 fully saturated rings. The van der Waals surface area contributed by atoms with Crippen LogP contribution in [0.25, 0.3) is 6.08 Å². The van der Waals surface area contributed by atoms with Crippen LogP contribution in [-0.2, 0) is 33.2 Å². The maximum absolute atomic E-state index is 13.1. The van der Waals surface area contributed by atoms with Crippen molar-refractivity contribution >= 4 is 12.0 Å². The zero-order chi connectivity index (χ0) is 33.4. The van der Waals surface area contributed by atoms with Gasteiger partial charge >= 0.3 is 5.97 Å². The highest BCUT2D eigenvalue weighted by Crippen LogP contribution is 2.54. The van der Waals surface area contributed by atoms with E-state index in [0.29, 0.717) is 5.56 Å². The van der Waals surface area contributed by atoms with E-state index >= 15 is 0 Å². The Hall–Kier alpha value is -2.55. The van der Waals surface area contributed by atoms with Crippen LogP contribution in [0.4, 0.5) is 0 Å². The minimum absolute atomic E-state index is 0.303. The van der Waals surface area contributed by atoms with Gasteiger partial charge in [0, 0.05) is 12.5 Å². The Morgan fingerprint density at radius 2 is 1.43 bits per heavy atom. The molecular weight excluding hydrogens is 616 g/mol. The average Bonchev–Trinajstić information content (AvgIpc) is 3.26. The van der Waals surface area contributed by atoms with Gasteiger partial charge in [-0.15, -0.1) is 0 Å². The van der Waals surface area contributed by atoms with Crippen molar-refractivity contribution < 1.29 is 79.2 Å². The van der Waals surface area contributed by atoms with Crippen molar-refractivity contribution in [2.45, 2.75) is 98.4 Å². The summed E-state index contributed by atoms with van der Waals surface area (Å²) in [5.74, 6) is -2.18. The molecule has 46 heavy (non-hydrogen) atoms. The molecule has 5 rings (SSSR count). The summed E-state index contributed by atoms with van der Waals surface area (Å²) in [4.78, 5) is 13.1. The zero-order valence-electron chi connectivity index (χ0n) is 24.7. The number of fused-ring (bicyclic) bond motifs is 1. The smallest absolute Gasteiger partial charge is 0.331 e. The van der Waals surface area contributed by atoms with Crippen LogP contribution in [0.3, 0.4) is 0 Å². The Morgan fingerprint density at radius 1 is 0.848 bits per heavy atom. The lowest BCUT2D eigenvalue weighted by Crippen LogP contribution is -2.65. The van der Waals surface area contributed by atoms with Gasteiger partial charge in [-0.25, -0.2) is 4.79 Å². The van der Waals surface area contributed by atoms with Gasteiger partial charge in [0.2, 0.25) is 6.29 Å². The van der Waals surface area contributed by atoms with E-state index < -0.39 is 110 Å². The van der Waals surface area contributed by atoms with E-state index in [0.717, 1.165) is 6.26 Å². The largest absolute Gasteiger partial charge is 0.472 e. The number of carbonyl (C=O) groups is 1. The minimum Gasteiger partial charge on any atom is -0.472 e. The van der Waals surface area contributed by atoms with Crippen LogP contribution in [0.5, 0.6) is 0 Å². The standard InChI is InChI=1S/C30H40O16/c1-29(45-18(34)8-7-14-5-3-2-4-6-14)11-17(33)30(46-27-24(40)22(38)20(36)16(13-32)43-27)9-10-41-28(25(29)30)44-26-23(39)21(37)19(35)15(12-31)42-26/h2-10,15-17,19-28,31-33,35-40H,11-13H2,1H3/b8-7+/t15-,16-,17-,19-,20+,21+,22+,23-,24-,25-,26+,27-,28+,29+,30-/m1/s1. The van der Waals surface area contributed by atoms with Crippen molar-refractivity contribution in [1.82, 2.24) is 0 Å². The summed E-state index contributed by atoms with van der Waals surface area (Å²) >= 11 is 0. The van der Waals surface area contributed by atoms with Crippen LogP contribution in [0.1, 0.15) is 18.9 Å². The van der Waals surface area contributed by atoms with Crippen LogP contribution < -0.4 is 0 Å². The predicted octanol–water partition coefficient (Wildman–Crippen LogP) is -3.38. The van der Waals surface area contributed by atoms with Gasteiger partial charge in [0.1, 0.15) is 60.0 Å². The van der Waals surface area contributed by atoms with Gasteiger partial charge in [0.15, 0.2) is 12.6 Å². The molecule has 2 saturated heterocycles. The number of ether oxygens (including phenoxy) is 6. The van der Waals surface area contributed by atoms with Crippen LogP contribution >= 0.6 is 0 Å². The molecule has 256 valence electrons. The molecule has 3 aliphatic heterocycles. The van der Waals surface area contributed by atoms with Crippen LogP contribution in [0.2, 0.25) is 0 Å². The summed E-state index contributed by atoms with van der Waals surface area (Å²) in [5.41, 5.74) is -2.96. The first-order chi connectivity index (χ1) is 21.8. The molecule has 0 unspecified atom stereocenters. The minimum atomic E-state index is -1.97. The summed E-state index contributed by atoms with van der Waals surface area (Å²) < 4.78 is 34.7. The van der Waals surface area contributed by atoms with E-state index in [1.807, 2.05) is 0 Å². The number of hydrogen-bond donors (Lipinski definition) is 9. The number of esters is 1. The topological polar surface area (TPSA) is 255 Å². The Kier molecular flexibility index (Phi) is 10.5. The molecule has 16 heteroatoms. The number of hydrogen-bond acceptors (Lipinski definition) is 16. The number of carbonyl (C=O) groups excluding carboxylic acids is 1. The van der Waals surface area contributed by atoms with Crippen LogP contribution in [0, 0.1) is 5.92 Å². The maximum Gasteiger partial charge on any atom is 0.331 e. The molecule has 16 nitrogen and oxygen atoms in total. The molecule has 9 N–H and O–H groups in total. The fraction of sp³-hybridized carbons (Fsp3) is 0.633. The van der Waals surface area contributed by atoms with Gasteiger partial charge in [0.25, 0.3) is 0 Å². The summed E-state index contributed by atoms with van der Waals surface area (Å²) in [7, 11) is 0. The van der Waals surface area contributed by atoms with E-state index in [2.05, 4.69) is 0 Å². The fourth-order valence-corrected chi connectivity index (χ4v) is 6.45. The third-order valence-corrected chi connectivity index (χ3v) is 8.91. The average molecular weight is 657 g/mol. The molecule has 4 aliphatic rings. The molecule has 0 amide bonds. The molecule has 0 spiro atoms. The molecule has 1 aromatic carbocycles. The third-order valence-electron chi connectivity index (χ3n) is 8.91. The summed E-state index contributed by atoms with van der Waals surface area (Å²) in [6.45, 7) is -0.0417. The summed E-state index contributed by atoms with van der Waals surface area (Å²) in [6, 6.07) is 8.87. The summed E-state index contributed by atoms with van der Waals surface area (Å²) in [5, 5.41) is 93.4. The van der Waals surface area contributed by atoms with Gasteiger partial charge in [-0.3, -0.25) is 0 Å². The van der Waals surface area contributed by atoms with Crippen molar-refractivity contribution in [1.29, 1.82) is 0 Å². The Balaban J connectivity index is 1.48.